The lowest BCUT2D eigenvalue weighted by atomic mass is 9.97. The van der Waals surface area contributed by atoms with E-state index in [-0.39, 0.29) is 59.5 Å². The van der Waals surface area contributed by atoms with Crippen molar-refractivity contribution in [3.05, 3.63) is 46.5 Å². The zero-order chi connectivity index (χ0) is 25.4. The quantitative estimate of drug-likeness (QED) is 0.344. The number of allylic oxidation sites excluding steroid dienone is 3. The molecule has 3 rings (SSSR count). The number of phenols is 2. The van der Waals surface area contributed by atoms with Gasteiger partial charge in [-0.05, 0) is 64.0 Å². The van der Waals surface area contributed by atoms with Gasteiger partial charge in [0, 0.05) is 24.6 Å². The molecular formula is C26H33ClN2O6. The Balaban J connectivity index is 1.87. The third-order valence-corrected chi connectivity index (χ3v) is 6.65. The van der Waals surface area contributed by atoms with E-state index in [1.165, 1.54) is 0 Å². The largest absolute Gasteiger partial charge is 0.507 e. The lowest BCUT2D eigenvalue weighted by Gasteiger charge is -2.38. The highest BCUT2D eigenvalue weighted by atomic mass is 35.5. The Labute approximate surface area is 210 Å². The number of hydrogen-bond acceptors (Lipinski definition) is 7. The molecule has 190 valence electrons. The second-order valence-corrected chi connectivity index (χ2v) is 9.30. The van der Waals surface area contributed by atoms with Crippen LogP contribution in [0.1, 0.15) is 68.3 Å². The van der Waals surface area contributed by atoms with Gasteiger partial charge < -0.3 is 24.7 Å². The Morgan fingerprint density at radius 2 is 1.83 bits per heavy atom. The van der Waals surface area contributed by atoms with E-state index in [1.807, 2.05) is 37.0 Å². The van der Waals surface area contributed by atoms with Crippen molar-refractivity contribution in [2.24, 2.45) is 5.16 Å². The average molecular weight is 505 g/mol. The molecule has 1 saturated heterocycles. The van der Waals surface area contributed by atoms with E-state index >= 15 is 0 Å². The Morgan fingerprint density at radius 3 is 2.57 bits per heavy atom. The first-order valence-electron chi connectivity index (χ1n) is 12.0. The molecule has 9 heteroatoms. The molecule has 1 fully saturated rings. The van der Waals surface area contributed by atoms with Crippen LogP contribution in [-0.4, -0.2) is 58.0 Å². The number of fused-ring (bicyclic) bond motifs is 1. The molecule has 2 atom stereocenters. The molecule has 2 heterocycles. The summed E-state index contributed by atoms with van der Waals surface area (Å²) < 4.78 is 5.29. The number of rotatable bonds is 3. The second-order valence-electron chi connectivity index (χ2n) is 8.92. The fourth-order valence-electron chi connectivity index (χ4n) is 4.48. The van der Waals surface area contributed by atoms with Gasteiger partial charge in [-0.25, -0.2) is 4.79 Å². The first kappa shape index (κ1) is 26.6. The van der Waals surface area contributed by atoms with E-state index in [4.69, 9.17) is 21.2 Å². The number of oxime groups is 1. The van der Waals surface area contributed by atoms with Crippen molar-refractivity contribution >= 4 is 29.2 Å². The van der Waals surface area contributed by atoms with Gasteiger partial charge in [0.05, 0.1) is 17.3 Å². The van der Waals surface area contributed by atoms with Gasteiger partial charge in [0.25, 0.3) is 5.91 Å². The zero-order valence-electron chi connectivity index (χ0n) is 20.2. The number of amides is 1. The van der Waals surface area contributed by atoms with E-state index in [9.17, 15) is 19.8 Å². The van der Waals surface area contributed by atoms with E-state index in [0.717, 1.165) is 38.2 Å². The van der Waals surface area contributed by atoms with Gasteiger partial charge in [0.2, 0.25) is 0 Å². The number of benzene rings is 1. The summed E-state index contributed by atoms with van der Waals surface area (Å²) in [5.74, 6) is -1.70. The van der Waals surface area contributed by atoms with Gasteiger partial charge >= 0.3 is 5.97 Å². The summed E-state index contributed by atoms with van der Waals surface area (Å²) in [7, 11) is 0. The van der Waals surface area contributed by atoms with E-state index in [1.54, 1.807) is 6.08 Å². The molecule has 2 aliphatic heterocycles. The summed E-state index contributed by atoms with van der Waals surface area (Å²) in [4.78, 5) is 32.8. The molecule has 0 aromatic heterocycles. The van der Waals surface area contributed by atoms with Crippen molar-refractivity contribution in [1.82, 2.24) is 4.90 Å². The molecule has 2 aliphatic rings. The molecule has 8 nitrogen and oxygen atoms in total. The maximum Gasteiger partial charge on any atom is 0.342 e. The van der Waals surface area contributed by atoms with Crippen LogP contribution in [0.2, 0.25) is 5.02 Å². The normalized spacial score (nSPS) is 24.7. The molecule has 0 radical (unpaired) electrons. The highest BCUT2D eigenvalue weighted by Gasteiger charge is 2.29. The predicted octanol–water partition coefficient (Wildman–Crippen LogP) is 4.91. The van der Waals surface area contributed by atoms with Gasteiger partial charge in [-0.2, -0.15) is 0 Å². The molecular weight excluding hydrogens is 472 g/mol. The van der Waals surface area contributed by atoms with Gasteiger partial charge in [-0.1, -0.05) is 35.0 Å². The van der Waals surface area contributed by atoms with Gasteiger partial charge in [0.15, 0.2) is 6.61 Å². The number of cyclic esters (lactones) is 1. The molecule has 2 unspecified atom stereocenters. The molecule has 0 aliphatic carbocycles. The van der Waals surface area contributed by atoms with Gasteiger partial charge in [0.1, 0.15) is 17.1 Å². The standard InChI is InChI=1S/C26H33ClN2O6/c1-17-10-9-11-18(2)29(17)23(32)16-35-28-19-12-7-5-3-4-6-8-13-34-26(33)24-20(14-19)25(27)22(31)15-21(24)30/h4,6-7,12,15,17-18,30-31H,3,5,8-11,13-14,16H2,1-2H3/b6-4+,12-7+,28-19-. The minimum Gasteiger partial charge on any atom is -0.507 e. The van der Waals surface area contributed by atoms with Crippen molar-refractivity contribution in [3.63, 3.8) is 0 Å². The zero-order valence-corrected chi connectivity index (χ0v) is 21.0. The van der Waals surface area contributed by atoms with Crippen LogP contribution < -0.4 is 0 Å². The Bertz CT molecular complexity index is 1010. The van der Waals surface area contributed by atoms with Crippen LogP contribution in [0.3, 0.4) is 0 Å². The topological polar surface area (TPSA) is 109 Å². The number of aromatic hydroxyl groups is 2. The van der Waals surface area contributed by atoms with Crippen molar-refractivity contribution in [2.45, 2.75) is 70.9 Å². The number of phenolic OH excluding ortho intramolecular Hbond substituents is 2. The van der Waals surface area contributed by atoms with Gasteiger partial charge in [-0.3, -0.25) is 4.79 Å². The van der Waals surface area contributed by atoms with Crippen LogP contribution in [-0.2, 0) is 20.8 Å². The van der Waals surface area contributed by atoms with Crippen molar-refractivity contribution in [2.75, 3.05) is 13.2 Å². The van der Waals surface area contributed by atoms with Crippen LogP contribution in [0.4, 0.5) is 0 Å². The SMILES string of the molecule is CC1CCCC(C)N1C(=O)CO/N=C1/C=C/CC/C=C/CCOC(=O)c2c(O)cc(O)c(Cl)c2C1. The molecule has 1 amide bonds. The third kappa shape index (κ3) is 7.01. The first-order valence-corrected chi connectivity index (χ1v) is 12.4. The fourth-order valence-corrected chi connectivity index (χ4v) is 4.69. The van der Waals surface area contributed by atoms with E-state index in [0.29, 0.717) is 12.1 Å². The maximum absolute atomic E-state index is 12.8. The molecule has 0 saturated carbocycles. The lowest BCUT2D eigenvalue weighted by molar-refractivity contribution is -0.142. The summed E-state index contributed by atoms with van der Waals surface area (Å²) in [5, 5.41) is 24.6. The van der Waals surface area contributed by atoms with Crippen LogP contribution in [0.5, 0.6) is 11.5 Å². The smallest absolute Gasteiger partial charge is 0.342 e. The number of ether oxygens (including phenoxy) is 1. The number of carbonyl (C=O) groups is 2. The van der Waals surface area contributed by atoms with Crippen LogP contribution >= 0.6 is 11.6 Å². The van der Waals surface area contributed by atoms with Crippen molar-refractivity contribution in [3.8, 4) is 11.5 Å². The lowest BCUT2D eigenvalue weighted by Crippen LogP contribution is -2.48. The molecule has 35 heavy (non-hydrogen) atoms. The predicted molar refractivity (Wildman–Crippen MR) is 134 cm³/mol. The highest BCUT2D eigenvalue weighted by molar-refractivity contribution is 6.33. The monoisotopic (exact) mass is 504 g/mol. The molecule has 0 bridgehead atoms. The number of likely N-dealkylation sites (tertiary alicyclic amines) is 1. The molecule has 1 aromatic carbocycles. The summed E-state index contributed by atoms with van der Waals surface area (Å²) in [6.07, 6.45) is 12.6. The van der Waals surface area contributed by atoms with E-state index in [2.05, 4.69) is 5.16 Å². The Hall–Kier alpha value is -3.00. The van der Waals surface area contributed by atoms with Crippen molar-refractivity contribution in [1.29, 1.82) is 0 Å². The van der Waals surface area contributed by atoms with E-state index < -0.39 is 11.7 Å². The number of piperidine rings is 1. The summed E-state index contributed by atoms with van der Waals surface area (Å²) in [6, 6.07) is 1.30. The summed E-state index contributed by atoms with van der Waals surface area (Å²) >= 11 is 6.32. The average Bonchev–Trinajstić information content (AvgIpc) is 2.80. The second kappa shape index (κ2) is 12.6. The molecule has 0 spiro atoms. The first-order chi connectivity index (χ1) is 16.8. The Kier molecular flexibility index (Phi) is 9.60. The minimum atomic E-state index is -0.752. The summed E-state index contributed by atoms with van der Waals surface area (Å²) in [6.45, 7) is 3.99. The van der Waals surface area contributed by atoms with Gasteiger partial charge in [-0.15, -0.1) is 0 Å². The Morgan fingerprint density at radius 1 is 1.14 bits per heavy atom. The molecule has 2 N–H and O–H groups in total. The maximum atomic E-state index is 12.8. The van der Waals surface area contributed by atoms with Crippen LogP contribution in [0, 0.1) is 0 Å². The highest BCUT2D eigenvalue weighted by Crippen LogP contribution is 2.37. The number of halogens is 1. The van der Waals surface area contributed by atoms with Crippen LogP contribution in [0.15, 0.2) is 35.5 Å². The number of hydrogen-bond donors (Lipinski definition) is 2. The molecule has 1 aromatic rings. The third-order valence-electron chi connectivity index (χ3n) is 6.23. The number of carbonyl (C=O) groups excluding carboxylic acids is 2. The van der Waals surface area contributed by atoms with Crippen molar-refractivity contribution < 1.29 is 29.4 Å². The minimum absolute atomic E-state index is 0.0255. The fraction of sp³-hybridized carbons (Fsp3) is 0.500. The number of esters is 1. The number of nitrogens with zero attached hydrogens (tertiary/aromatic N) is 2. The summed E-state index contributed by atoms with van der Waals surface area (Å²) in [5.41, 5.74) is 0.403. The van der Waals surface area contributed by atoms with Crippen LogP contribution in [0.25, 0.3) is 0 Å².